The number of ether oxygens (including phenoxy) is 2. The van der Waals surface area contributed by atoms with Crippen molar-refractivity contribution in [3.8, 4) is 11.5 Å². The van der Waals surface area contributed by atoms with Crippen LogP contribution in [-0.2, 0) is 0 Å². The molecular formula is C20H22N4O3. The predicted molar refractivity (Wildman–Crippen MR) is 104 cm³/mol. The second kappa shape index (κ2) is 8.35. The first-order valence-electron chi connectivity index (χ1n) is 8.72. The molecule has 0 unspecified atom stereocenters. The number of methoxy groups -OCH3 is 1. The fourth-order valence-corrected chi connectivity index (χ4v) is 2.70. The first-order valence-corrected chi connectivity index (χ1v) is 8.72. The lowest BCUT2D eigenvalue weighted by atomic mass is 10.2. The van der Waals surface area contributed by atoms with Crippen molar-refractivity contribution < 1.29 is 14.3 Å². The van der Waals surface area contributed by atoms with Crippen LogP contribution in [0.25, 0.3) is 5.65 Å². The second-order valence-electron chi connectivity index (χ2n) is 5.93. The normalized spacial score (nSPS) is 11.1. The molecule has 3 rings (SSSR count). The van der Waals surface area contributed by atoms with E-state index in [1.54, 1.807) is 30.8 Å². The van der Waals surface area contributed by atoms with Crippen molar-refractivity contribution in [3.05, 3.63) is 59.5 Å². The molecule has 1 aromatic carbocycles. The van der Waals surface area contributed by atoms with Crippen LogP contribution in [0.5, 0.6) is 11.5 Å². The first-order chi connectivity index (χ1) is 13.1. The molecule has 27 heavy (non-hydrogen) atoms. The van der Waals surface area contributed by atoms with Crippen LogP contribution in [-0.4, -0.2) is 35.2 Å². The number of carbonyl (C=O) groups excluding carboxylic acids is 1. The van der Waals surface area contributed by atoms with Gasteiger partial charge in [0.2, 0.25) is 0 Å². The number of fused-ring (bicyclic) bond motifs is 1. The van der Waals surface area contributed by atoms with Crippen molar-refractivity contribution in [3.63, 3.8) is 0 Å². The fourth-order valence-electron chi connectivity index (χ4n) is 2.70. The standard InChI is InChI=1S/C20H22N4O3/c1-4-11-27-17-12-15(8-9-16(17)26-3)13-21-23-20(25)19-14(2)22-18-7-5-6-10-24(18)19/h5-10,12-13H,4,11H2,1-3H3,(H,23,25)/b21-13-. The summed E-state index contributed by atoms with van der Waals surface area (Å²) in [5, 5.41) is 4.06. The summed E-state index contributed by atoms with van der Waals surface area (Å²) in [5.74, 6) is 0.983. The molecule has 7 nitrogen and oxygen atoms in total. The van der Waals surface area contributed by atoms with Crippen LogP contribution in [0, 0.1) is 6.92 Å². The maximum absolute atomic E-state index is 12.5. The Morgan fingerprint density at radius 2 is 2.15 bits per heavy atom. The van der Waals surface area contributed by atoms with E-state index in [9.17, 15) is 4.79 Å². The molecule has 0 bridgehead atoms. The minimum atomic E-state index is -0.321. The summed E-state index contributed by atoms with van der Waals surface area (Å²) in [6.45, 7) is 4.43. The number of pyridine rings is 1. The van der Waals surface area contributed by atoms with Crippen LogP contribution in [0.2, 0.25) is 0 Å². The molecule has 0 fully saturated rings. The lowest BCUT2D eigenvalue weighted by molar-refractivity contribution is 0.0948. The fraction of sp³-hybridized carbons (Fsp3) is 0.250. The van der Waals surface area contributed by atoms with E-state index in [1.165, 1.54) is 0 Å². The lowest BCUT2D eigenvalue weighted by Gasteiger charge is -2.10. The highest BCUT2D eigenvalue weighted by Crippen LogP contribution is 2.27. The molecule has 0 aliphatic rings. The number of imidazole rings is 1. The van der Waals surface area contributed by atoms with Crippen molar-refractivity contribution in [2.75, 3.05) is 13.7 Å². The smallest absolute Gasteiger partial charge is 0.290 e. The van der Waals surface area contributed by atoms with Crippen molar-refractivity contribution in [1.82, 2.24) is 14.8 Å². The van der Waals surface area contributed by atoms with Gasteiger partial charge in [-0.1, -0.05) is 13.0 Å². The van der Waals surface area contributed by atoms with Gasteiger partial charge in [-0.25, -0.2) is 10.4 Å². The van der Waals surface area contributed by atoms with Crippen molar-refractivity contribution >= 4 is 17.8 Å². The Morgan fingerprint density at radius 1 is 1.30 bits per heavy atom. The number of hydrazone groups is 1. The van der Waals surface area contributed by atoms with E-state index in [4.69, 9.17) is 9.47 Å². The Morgan fingerprint density at radius 3 is 2.93 bits per heavy atom. The molecule has 0 atom stereocenters. The lowest BCUT2D eigenvalue weighted by Crippen LogP contribution is -2.20. The maximum atomic E-state index is 12.5. The Labute approximate surface area is 157 Å². The topological polar surface area (TPSA) is 77.2 Å². The minimum absolute atomic E-state index is 0.321. The summed E-state index contributed by atoms with van der Waals surface area (Å²) < 4.78 is 12.7. The number of carbonyl (C=O) groups is 1. The van der Waals surface area contributed by atoms with Crippen LogP contribution in [0.4, 0.5) is 0 Å². The second-order valence-corrected chi connectivity index (χ2v) is 5.93. The first kappa shape index (κ1) is 18.4. The third kappa shape index (κ3) is 4.08. The highest BCUT2D eigenvalue weighted by molar-refractivity contribution is 5.95. The van der Waals surface area contributed by atoms with Crippen molar-refractivity contribution in [2.45, 2.75) is 20.3 Å². The number of nitrogens with zero attached hydrogens (tertiary/aromatic N) is 3. The molecular weight excluding hydrogens is 344 g/mol. The molecule has 0 radical (unpaired) electrons. The van der Waals surface area contributed by atoms with E-state index in [0.29, 0.717) is 29.5 Å². The molecule has 0 aliphatic heterocycles. The zero-order chi connectivity index (χ0) is 19.2. The number of hydrogen-bond acceptors (Lipinski definition) is 5. The van der Waals surface area contributed by atoms with Gasteiger partial charge in [-0.05, 0) is 49.2 Å². The van der Waals surface area contributed by atoms with Gasteiger partial charge in [-0.3, -0.25) is 9.20 Å². The van der Waals surface area contributed by atoms with E-state index in [0.717, 1.165) is 17.6 Å². The SMILES string of the molecule is CCCOc1cc(/C=N\NC(=O)c2c(C)nc3ccccn23)ccc1OC. The molecule has 1 N–H and O–H groups in total. The van der Waals surface area contributed by atoms with Crippen molar-refractivity contribution in [2.24, 2.45) is 5.10 Å². The third-order valence-electron chi connectivity index (χ3n) is 3.95. The summed E-state index contributed by atoms with van der Waals surface area (Å²) in [6, 6.07) is 11.0. The number of hydrogen-bond donors (Lipinski definition) is 1. The van der Waals surface area contributed by atoms with Gasteiger partial charge in [0.25, 0.3) is 5.91 Å². The maximum Gasteiger partial charge on any atom is 0.290 e. The van der Waals surface area contributed by atoms with E-state index < -0.39 is 0 Å². The Hall–Kier alpha value is -3.35. The molecule has 0 aliphatic carbocycles. The summed E-state index contributed by atoms with van der Waals surface area (Å²) in [7, 11) is 1.60. The van der Waals surface area contributed by atoms with Gasteiger partial charge < -0.3 is 9.47 Å². The van der Waals surface area contributed by atoms with Gasteiger partial charge in [0.1, 0.15) is 11.3 Å². The molecule has 0 spiro atoms. The average molecular weight is 366 g/mol. The summed E-state index contributed by atoms with van der Waals surface area (Å²) in [6.07, 6.45) is 4.26. The van der Waals surface area contributed by atoms with Crippen LogP contribution in [0.15, 0.2) is 47.7 Å². The Balaban J connectivity index is 1.75. The van der Waals surface area contributed by atoms with E-state index in [-0.39, 0.29) is 5.91 Å². The summed E-state index contributed by atoms with van der Waals surface area (Å²) in [4.78, 5) is 16.9. The minimum Gasteiger partial charge on any atom is -0.493 e. The van der Waals surface area contributed by atoms with Crippen LogP contribution >= 0.6 is 0 Å². The number of aryl methyl sites for hydroxylation is 1. The molecule has 2 aromatic heterocycles. The zero-order valence-corrected chi connectivity index (χ0v) is 15.6. The van der Waals surface area contributed by atoms with Gasteiger partial charge in [0, 0.05) is 6.20 Å². The van der Waals surface area contributed by atoms with Gasteiger partial charge in [-0.2, -0.15) is 5.10 Å². The average Bonchev–Trinajstić information content (AvgIpc) is 3.02. The molecule has 0 saturated heterocycles. The van der Waals surface area contributed by atoms with Gasteiger partial charge in [-0.15, -0.1) is 0 Å². The number of aromatic nitrogens is 2. The third-order valence-corrected chi connectivity index (χ3v) is 3.95. The van der Waals surface area contributed by atoms with Crippen LogP contribution in [0.3, 0.4) is 0 Å². The summed E-state index contributed by atoms with van der Waals surface area (Å²) in [5.41, 5.74) is 5.17. The number of amides is 1. The summed E-state index contributed by atoms with van der Waals surface area (Å²) >= 11 is 0. The number of nitrogens with one attached hydrogen (secondary N) is 1. The van der Waals surface area contributed by atoms with Gasteiger partial charge in [0.15, 0.2) is 11.5 Å². The quantitative estimate of drug-likeness (QED) is 0.514. The number of benzene rings is 1. The van der Waals surface area contributed by atoms with E-state index >= 15 is 0 Å². The van der Waals surface area contributed by atoms with Crippen LogP contribution in [0.1, 0.15) is 35.1 Å². The van der Waals surface area contributed by atoms with Gasteiger partial charge >= 0.3 is 0 Å². The molecule has 0 saturated carbocycles. The number of rotatable bonds is 7. The molecule has 140 valence electrons. The molecule has 2 heterocycles. The predicted octanol–water partition coefficient (Wildman–Crippen LogP) is 3.20. The largest absolute Gasteiger partial charge is 0.493 e. The Bertz CT molecular complexity index is 979. The van der Waals surface area contributed by atoms with Crippen LogP contribution < -0.4 is 14.9 Å². The van der Waals surface area contributed by atoms with Gasteiger partial charge in [0.05, 0.1) is 25.6 Å². The zero-order valence-electron chi connectivity index (χ0n) is 15.6. The highest BCUT2D eigenvalue weighted by Gasteiger charge is 2.15. The highest BCUT2D eigenvalue weighted by atomic mass is 16.5. The van der Waals surface area contributed by atoms with Crippen molar-refractivity contribution in [1.29, 1.82) is 0 Å². The molecule has 7 heteroatoms. The van der Waals surface area contributed by atoms with E-state index in [1.807, 2.05) is 43.3 Å². The Kier molecular flexibility index (Phi) is 5.71. The van der Waals surface area contributed by atoms with E-state index in [2.05, 4.69) is 15.5 Å². The molecule has 1 amide bonds. The molecule has 3 aromatic rings. The monoisotopic (exact) mass is 366 g/mol.